The quantitative estimate of drug-likeness (QED) is 0.235. The van der Waals surface area contributed by atoms with Gasteiger partial charge in [-0.05, 0) is 36.8 Å². The van der Waals surface area contributed by atoms with Gasteiger partial charge in [0.25, 0.3) is 11.6 Å². The third kappa shape index (κ3) is 3.24. The smallest absolute Gasteiger partial charge is 0.419 e. The van der Waals surface area contributed by atoms with Gasteiger partial charge in [0, 0.05) is 23.6 Å². The molecule has 0 unspecified atom stereocenters. The summed E-state index contributed by atoms with van der Waals surface area (Å²) in [6, 6.07) is 9.51. The molecule has 194 valence electrons. The Balaban J connectivity index is 1.44. The average molecular weight is 528 g/mol. The summed E-state index contributed by atoms with van der Waals surface area (Å²) < 4.78 is 55.6. The summed E-state index contributed by atoms with van der Waals surface area (Å²) in [7, 11) is 0. The summed E-state index contributed by atoms with van der Waals surface area (Å²) in [6.45, 7) is -0.000400. The van der Waals surface area contributed by atoms with Crippen LogP contribution in [-0.2, 0) is 6.18 Å². The summed E-state index contributed by atoms with van der Waals surface area (Å²) in [5.74, 6) is -2.78. The number of nitro benzene ring substituents is 1. The normalized spacial score (nSPS) is 18.3. The van der Waals surface area contributed by atoms with Crippen LogP contribution >= 0.6 is 0 Å². The van der Waals surface area contributed by atoms with Crippen molar-refractivity contribution in [3.63, 3.8) is 0 Å². The Morgan fingerprint density at radius 2 is 1.79 bits per heavy atom. The number of nitrogens with zero attached hydrogens (tertiary/aromatic N) is 4. The minimum Gasteiger partial charge on any atom is -0.493 e. The fraction of sp³-hybridized carbons (Fsp3) is 0.200. The average Bonchev–Trinajstić information content (AvgIpc) is 3.54. The summed E-state index contributed by atoms with van der Waals surface area (Å²) >= 11 is 0. The number of carbonyl (C=O) groups is 1. The number of fused-ring (bicyclic) bond motifs is 6. The van der Waals surface area contributed by atoms with Crippen molar-refractivity contribution in [2.24, 2.45) is 0 Å². The highest BCUT2D eigenvalue weighted by Gasteiger charge is 2.49. The van der Waals surface area contributed by atoms with Crippen LogP contribution in [0.15, 0.2) is 59.4 Å². The number of non-ortho nitro benzene ring substituents is 1. The molecule has 1 aromatic heterocycles. The lowest BCUT2D eigenvalue weighted by atomic mass is 10.1. The van der Waals surface area contributed by atoms with E-state index in [4.69, 9.17) is 0 Å². The summed E-state index contributed by atoms with van der Waals surface area (Å²) in [5, 5.41) is 23.2. The van der Waals surface area contributed by atoms with Crippen LogP contribution in [-0.4, -0.2) is 36.5 Å². The maximum atomic E-state index is 13.7. The lowest BCUT2D eigenvalue weighted by Gasteiger charge is -2.28. The van der Waals surface area contributed by atoms with E-state index in [0.717, 1.165) is 10.6 Å². The first-order valence-corrected chi connectivity index (χ1v) is 11.4. The van der Waals surface area contributed by atoms with Crippen LogP contribution in [0.3, 0.4) is 0 Å². The highest BCUT2D eigenvalue weighted by Crippen LogP contribution is 2.49. The molecular formula is C25H16F4N4O5. The number of carbonyl (C=O) groups excluding carboxylic acids is 1. The molecule has 0 radical (unpaired) electrons. The zero-order valence-corrected chi connectivity index (χ0v) is 19.1. The molecule has 0 aliphatic carbocycles. The van der Waals surface area contributed by atoms with E-state index in [2.05, 4.69) is 0 Å². The van der Waals surface area contributed by atoms with Crippen molar-refractivity contribution >= 4 is 22.4 Å². The third-order valence-electron chi connectivity index (χ3n) is 7.15. The van der Waals surface area contributed by atoms with Crippen molar-refractivity contribution in [3.8, 4) is 11.6 Å². The van der Waals surface area contributed by atoms with Gasteiger partial charge in [-0.2, -0.15) is 13.2 Å². The molecule has 1 fully saturated rings. The Morgan fingerprint density at radius 3 is 2.47 bits per heavy atom. The van der Waals surface area contributed by atoms with E-state index in [-0.39, 0.29) is 41.0 Å². The van der Waals surface area contributed by atoms with Gasteiger partial charge in [0.2, 0.25) is 5.88 Å². The number of hydrogen-bond acceptors (Lipinski definition) is 5. The molecule has 2 bridgehead atoms. The Bertz CT molecular complexity index is 1740. The van der Waals surface area contributed by atoms with Gasteiger partial charge in [0.05, 0.1) is 33.6 Å². The van der Waals surface area contributed by atoms with Gasteiger partial charge in [-0.1, -0.05) is 18.2 Å². The van der Waals surface area contributed by atoms with E-state index in [9.17, 15) is 42.4 Å². The predicted octanol–water partition coefficient (Wildman–Crippen LogP) is 4.71. The number of rotatable bonds is 3. The Hall–Kier alpha value is -4.68. The molecule has 2 aliphatic rings. The Kier molecular flexibility index (Phi) is 4.93. The minimum atomic E-state index is -4.99. The monoisotopic (exact) mass is 528 g/mol. The minimum absolute atomic E-state index is 0.000400. The number of aromatic hydroxyl groups is 1. The third-order valence-corrected chi connectivity index (χ3v) is 7.15. The van der Waals surface area contributed by atoms with Crippen LogP contribution in [0, 0.1) is 15.9 Å². The van der Waals surface area contributed by atoms with E-state index in [1.54, 1.807) is 18.2 Å². The molecule has 38 heavy (non-hydrogen) atoms. The van der Waals surface area contributed by atoms with E-state index in [1.807, 2.05) is 0 Å². The highest BCUT2D eigenvalue weighted by molar-refractivity contribution is 5.97. The van der Waals surface area contributed by atoms with Crippen LogP contribution in [0.1, 0.15) is 40.1 Å². The van der Waals surface area contributed by atoms with Crippen molar-refractivity contribution < 1.29 is 32.4 Å². The molecular weight excluding hydrogens is 512 g/mol. The van der Waals surface area contributed by atoms with Gasteiger partial charge in [0.15, 0.2) is 0 Å². The number of aromatic nitrogens is 2. The number of imidazole rings is 1. The first-order chi connectivity index (χ1) is 18.0. The first-order valence-electron chi connectivity index (χ1n) is 11.4. The molecule has 1 N–H and O–H groups in total. The van der Waals surface area contributed by atoms with Crippen molar-refractivity contribution in [2.45, 2.75) is 24.7 Å². The number of benzene rings is 3. The highest BCUT2D eigenvalue weighted by atomic mass is 19.4. The lowest BCUT2D eigenvalue weighted by molar-refractivity contribution is -0.383. The zero-order chi connectivity index (χ0) is 27.1. The second kappa shape index (κ2) is 7.91. The molecule has 2 atom stereocenters. The molecule has 2 aliphatic heterocycles. The number of likely N-dealkylation sites (tertiary alicyclic amines) is 1. The van der Waals surface area contributed by atoms with E-state index >= 15 is 0 Å². The SMILES string of the molecule is O=C(c1ccc(F)c(C(F)(F)F)c1)N1C[C@@H]2C[C@H]1c1c(O)n(-c3ccc([N+](=O)[O-])c4ccccc34)c(=O)n12. The van der Waals surface area contributed by atoms with Crippen molar-refractivity contribution in [1.29, 1.82) is 0 Å². The van der Waals surface area contributed by atoms with Gasteiger partial charge < -0.3 is 10.0 Å². The van der Waals surface area contributed by atoms with Crippen molar-refractivity contribution in [3.05, 3.63) is 97.8 Å². The van der Waals surface area contributed by atoms with Crippen molar-refractivity contribution in [2.75, 3.05) is 6.54 Å². The molecule has 9 nitrogen and oxygen atoms in total. The van der Waals surface area contributed by atoms with Gasteiger partial charge in [-0.15, -0.1) is 0 Å². The topological polar surface area (TPSA) is 111 Å². The van der Waals surface area contributed by atoms with Gasteiger partial charge in [0.1, 0.15) is 11.5 Å². The van der Waals surface area contributed by atoms with Crippen LogP contribution in [0.5, 0.6) is 5.88 Å². The second-order valence-electron chi connectivity index (χ2n) is 9.16. The zero-order valence-electron chi connectivity index (χ0n) is 19.1. The fourth-order valence-electron chi connectivity index (χ4n) is 5.55. The molecule has 3 aromatic carbocycles. The predicted molar refractivity (Wildman–Crippen MR) is 125 cm³/mol. The molecule has 0 saturated carbocycles. The van der Waals surface area contributed by atoms with E-state index in [1.165, 1.54) is 27.7 Å². The van der Waals surface area contributed by atoms with E-state index < -0.39 is 52.0 Å². The van der Waals surface area contributed by atoms with Crippen molar-refractivity contribution in [1.82, 2.24) is 14.0 Å². The lowest BCUT2D eigenvalue weighted by Crippen LogP contribution is -2.38. The van der Waals surface area contributed by atoms with Gasteiger partial charge >= 0.3 is 11.9 Å². The molecule has 1 amide bonds. The van der Waals surface area contributed by atoms with Crippen LogP contribution in [0.2, 0.25) is 0 Å². The standard InChI is InChI=1S/C25H16F4N4O5/c26-17-6-5-12(9-16(17)25(27,28)29)22(34)30-11-13-10-20(30)21-23(35)32(24(36)31(13)21)18-7-8-19(33(37)38)15-4-2-1-3-14(15)18/h1-9,13,20,35H,10-11H2/t13-,20-/m0/s1. The Morgan fingerprint density at radius 1 is 1.08 bits per heavy atom. The number of alkyl halides is 3. The van der Waals surface area contributed by atoms with Gasteiger partial charge in [-0.3, -0.25) is 19.5 Å². The number of amides is 1. The summed E-state index contributed by atoms with van der Waals surface area (Å²) in [5.41, 5.74) is -2.43. The second-order valence-corrected chi connectivity index (χ2v) is 9.16. The molecule has 3 heterocycles. The molecule has 0 spiro atoms. The number of halogens is 4. The van der Waals surface area contributed by atoms with E-state index in [0.29, 0.717) is 17.5 Å². The molecule has 1 saturated heterocycles. The maximum Gasteiger partial charge on any atom is 0.419 e. The number of nitro groups is 1. The van der Waals surface area contributed by atoms with Crippen LogP contribution in [0.25, 0.3) is 16.5 Å². The van der Waals surface area contributed by atoms with Crippen LogP contribution in [0.4, 0.5) is 23.2 Å². The summed E-state index contributed by atoms with van der Waals surface area (Å²) in [4.78, 5) is 38.8. The summed E-state index contributed by atoms with van der Waals surface area (Å²) in [6.07, 6.45) is -4.73. The first kappa shape index (κ1) is 23.7. The number of hydrogen-bond donors (Lipinski definition) is 1. The Labute approximate surface area is 209 Å². The molecule has 13 heteroatoms. The van der Waals surface area contributed by atoms with Gasteiger partial charge in [-0.25, -0.2) is 13.8 Å². The largest absolute Gasteiger partial charge is 0.493 e. The molecule has 6 rings (SSSR count). The maximum absolute atomic E-state index is 13.7. The van der Waals surface area contributed by atoms with Crippen LogP contribution < -0.4 is 5.69 Å². The fourth-order valence-corrected chi connectivity index (χ4v) is 5.55. The molecule has 4 aromatic rings.